The standard InChI is InChI=1S/C67H115NO13/c1-3-5-7-9-11-13-15-17-19-21-23-24-25-26-27-28-29-30-31-33-34-36-38-40-42-44-46-48-50-56(71)55(68-59(72)51-49-47-45-43-41-39-37-35-32-22-20-18-16-14-12-10-8-6-4-2)54-78-66-64(77)62(75)65(58(53-70)80-66)81-67-63(76)61(74)60(73)57(52-69)79-67/h6,8,12,14,18,20,32-35,39-42,48,50,55-58,60-67,69-71,73-77H,3-5,7,9-11,13,15-17,19,21-31,36-38,43-47,49,51-54H2,1-2H3,(H,68,72)/b8-6-,14-12-,20-18-,34-33+,35-32-,41-39-,42-40+,50-48+. The van der Waals surface area contributed by atoms with Crippen molar-refractivity contribution in [2.24, 2.45) is 0 Å². The molecule has 1 amide bonds. The normalized spacial score (nSPS) is 24.8. The van der Waals surface area contributed by atoms with Crippen molar-refractivity contribution in [3.05, 3.63) is 97.2 Å². The third-order valence-corrected chi connectivity index (χ3v) is 15.0. The topological polar surface area (TPSA) is 228 Å². The quantitative estimate of drug-likeness (QED) is 0.0204. The van der Waals surface area contributed by atoms with Gasteiger partial charge in [0.25, 0.3) is 0 Å². The van der Waals surface area contributed by atoms with Crippen molar-refractivity contribution in [3.63, 3.8) is 0 Å². The van der Waals surface area contributed by atoms with Gasteiger partial charge in [-0.15, -0.1) is 0 Å². The van der Waals surface area contributed by atoms with Crippen LogP contribution in [0.3, 0.4) is 0 Å². The molecule has 2 saturated heterocycles. The lowest BCUT2D eigenvalue weighted by atomic mass is 9.97. The smallest absolute Gasteiger partial charge is 0.220 e. The highest BCUT2D eigenvalue weighted by Crippen LogP contribution is 2.30. The second-order valence-corrected chi connectivity index (χ2v) is 22.1. The molecule has 0 spiro atoms. The number of allylic oxidation sites excluding steroid dienone is 15. The van der Waals surface area contributed by atoms with E-state index >= 15 is 0 Å². The zero-order valence-electron chi connectivity index (χ0n) is 50.2. The minimum Gasteiger partial charge on any atom is -0.394 e. The summed E-state index contributed by atoms with van der Waals surface area (Å²) < 4.78 is 22.8. The van der Waals surface area contributed by atoms with Crippen molar-refractivity contribution in [2.75, 3.05) is 19.8 Å². The minimum absolute atomic E-state index is 0.225. The summed E-state index contributed by atoms with van der Waals surface area (Å²) in [5.41, 5.74) is 0. The number of ether oxygens (including phenoxy) is 4. The Morgan fingerprint density at radius 3 is 1.36 bits per heavy atom. The number of amides is 1. The van der Waals surface area contributed by atoms with Crippen LogP contribution in [0.25, 0.3) is 0 Å². The Labute approximate surface area is 490 Å². The molecule has 12 unspecified atom stereocenters. The zero-order chi connectivity index (χ0) is 58.8. The molecule has 2 heterocycles. The SMILES string of the molecule is CC/C=C\C/C=C\C/C=C\C/C=C\C/C=C\CCCCCC(=O)NC(COC1OC(CO)C(OC2OC(CO)C(O)C(O)C2O)C(O)C1O)C(O)/C=C/CC/C=C/CC/C=C/CCCCCCCCCCCCCCCCCCCC. The number of hydrogen-bond acceptors (Lipinski definition) is 13. The maximum atomic E-state index is 13.3. The molecule has 0 aromatic carbocycles. The van der Waals surface area contributed by atoms with Crippen LogP contribution in [0.2, 0.25) is 0 Å². The Bertz CT molecular complexity index is 1730. The van der Waals surface area contributed by atoms with Crippen LogP contribution in [-0.4, -0.2) is 140 Å². The fourth-order valence-electron chi connectivity index (χ4n) is 9.88. The van der Waals surface area contributed by atoms with Gasteiger partial charge in [-0.1, -0.05) is 227 Å². The molecule has 14 nitrogen and oxygen atoms in total. The van der Waals surface area contributed by atoms with Gasteiger partial charge in [-0.05, 0) is 89.9 Å². The average Bonchev–Trinajstić information content (AvgIpc) is 3.63. The molecule has 2 fully saturated rings. The maximum Gasteiger partial charge on any atom is 0.220 e. The van der Waals surface area contributed by atoms with Crippen LogP contribution in [0.5, 0.6) is 0 Å². The van der Waals surface area contributed by atoms with E-state index in [0.717, 1.165) is 77.0 Å². The Morgan fingerprint density at radius 1 is 0.457 bits per heavy atom. The van der Waals surface area contributed by atoms with E-state index in [1.165, 1.54) is 116 Å². The molecular formula is C67H115NO13. The summed E-state index contributed by atoms with van der Waals surface area (Å²) in [6, 6.07) is -0.963. The molecule has 0 bridgehead atoms. The van der Waals surface area contributed by atoms with Gasteiger partial charge in [0, 0.05) is 6.42 Å². The zero-order valence-corrected chi connectivity index (χ0v) is 50.2. The Hall–Kier alpha value is -3.09. The molecule has 2 aliphatic heterocycles. The van der Waals surface area contributed by atoms with Crippen molar-refractivity contribution in [1.29, 1.82) is 0 Å². The van der Waals surface area contributed by atoms with E-state index in [9.17, 15) is 45.6 Å². The summed E-state index contributed by atoms with van der Waals surface area (Å²) in [6.45, 7) is 2.64. The van der Waals surface area contributed by atoms with Gasteiger partial charge in [0.2, 0.25) is 5.91 Å². The first kappa shape index (κ1) is 74.0. The highest BCUT2D eigenvalue weighted by atomic mass is 16.7. The van der Waals surface area contributed by atoms with E-state index in [0.29, 0.717) is 12.8 Å². The summed E-state index contributed by atoms with van der Waals surface area (Å²) >= 11 is 0. The lowest BCUT2D eigenvalue weighted by molar-refractivity contribution is -0.359. The third kappa shape index (κ3) is 36.4. The van der Waals surface area contributed by atoms with Gasteiger partial charge in [0.15, 0.2) is 12.6 Å². The number of hydrogen-bond donors (Lipinski definition) is 9. The molecule has 0 aromatic rings. The van der Waals surface area contributed by atoms with E-state index < -0.39 is 86.8 Å². The van der Waals surface area contributed by atoms with Crippen LogP contribution >= 0.6 is 0 Å². The summed E-state index contributed by atoms with van der Waals surface area (Å²) in [6.07, 6.45) is 54.6. The summed E-state index contributed by atoms with van der Waals surface area (Å²) in [4.78, 5) is 13.3. The van der Waals surface area contributed by atoms with Gasteiger partial charge in [0.1, 0.15) is 48.8 Å². The molecule has 2 rings (SSSR count). The largest absolute Gasteiger partial charge is 0.394 e. The van der Waals surface area contributed by atoms with E-state index in [-0.39, 0.29) is 18.9 Å². The van der Waals surface area contributed by atoms with Crippen molar-refractivity contribution in [3.8, 4) is 0 Å². The molecule has 9 N–H and O–H groups in total. The molecule has 0 radical (unpaired) electrons. The third-order valence-electron chi connectivity index (χ3n) is 15.0. The Kier molecular flexibility index (Phi) is 46.9. The number of unbranched alkanes of at least 4 members (excludes halogenated alkanes) is 23. The molecule has 14 heteroatoms. The van der Waals surface area contributed by atoms with Crippen LogP contribution in [0.15, 0.2) is 97.2 Å². The van der Waals surface area contributed by atoms with E-state index in [4.69, 9.17) is 18.9 Å². The van der Waals surface area contributed by atoms with Gasteiger partial charge >= 0.3 is 0 Å². The van der Waals surface area contributed by atoms with E-state index in [1.807, 2.05) is 6.08 Å². The second kappa shape index (κ2) is 51.3. The summed E-state index contributed by atoms with van der Waals surface area (Å²) in [5.74, 6) is -0.287. The van der Waals surface area contributed by atoms with Gasteiger partial charge in [-0.25, -0.2) is 0 Å². The first-order valence-electron chi connectivity index (χ1n) is 32.0. The number of carbonyl (C=O) groups excluding carboxylic acids is 1. The molecule has 466 valence electrons. The molecule has 0 saturated carbocycles. The molecule has 2 aliphatic rings. The number of rotatable bonds is 50. The molecular weight excluding hydrogens is 1030 g/mol. The highest BCUT2D eigenvalue weighted by molar-refractivity contribution is 5.76. The van der Waals surface area contributed by atoms with E-state index in [1.54, 1.807) is 6.08 Å². The van der Waals surface area contributed by atoms with Gasteiger partial charge in [-0.2, -0.15) is 0 Å². The molecule has 81 heavy (non-hydrogen) atoms. The van der Waals surface area contributed by atoms with Gasteiger partial charge < -0.3 is 65.1 Å². The molecule has 12 atom stereocenters. The lowest BCUT2D eigenvalue weighted by Crippen LogP contribution is -2.65. The average molecular weight is 1140 g/mol. The van der Waals surface area contributed by atoms with Crippen LogP contribution < -0.4 is 5.32 Å². The van der Waals surface area contributed by atoms with E-state index in [2.05, 4.69) is 104 Å². The molecule has 0 aliphatic carbocycles. The van der Waals surface area contributed by atoms with Crippen molar-refractivity contribution < 1.29 is 64.6 Å². The van der Waals surface area contributed by atoms with Crippen LogP contribution in [0.1, 0.15) is 226 Å². The van der Waals surface area contributed by atoms with Gasteiger partial charge in [0.05, 0.1) is 32.0 Å². The summed E-state index contributed by atoms with van der Waals surface area (Å²) in [5, 5.41) is 87.2. The summed E-state index contributed by atoms with van der Waals surface area (Å²) in [7, 11) is 0. The Balaban J connectivity index is 1.77. The first-order chi connectivity index (χ1) is 39.6. The lowest BCUT2D eigenvalue weighted by Gasteiger charge is -2.46. The number of aliphatic hydroxyl groups is 8. The predicted molar refractivity (Wildman–Crippen MR) is 327 cm³/mol. The fraction of sp³-hybridized carbons (Fsp3) is 0.746. The number of nitrogens with one attached hydrogen (secondary N) is 1. The fourth-order valence-corrected chi connectivity index (χ4v) is 9.88. The monoisotopic (exact) mass is 1140 g/mol. The van der Waals surface area contributed by atoms with Crippen molar-refractivity contribution >= 4 is 5.91 Å². The van der Waals surface area contributed by atoms with Crippen LogP contribution in [-0.2, 0) is 23.7 Å². The minimum atomic E-state index is -1.80. The first-order valence-corrected chi connectivity index (χ1v) is 32.0. The highest BCUT2D eigenvalue weighted by Gasteiger charge is 2.51. The van der Waals surface area contributed by atoms with Crippen molar-refractivity contribution in [1.82, 2.24) is 5.32 Å². The molecule has 0 aromatic heterocycles. The Morgan fingerprint density at radius 2 is 0.864 bits per heavy atom. The number of aliphatic hydroxyl groups excluding tert-OH is 8. The number of carbonyl (C=O) groups is 1. The maximum absolute atomic E-state index is 13.3. The predicted octanol–water partition coefficient (Wildman–Crippen LogP) is 11.8. The van der Waals surface area contributed by atoms with Crippen LogP contribution in [0.4, 0.5) is 0 Å². The second-order valence-electron chi connectivity index (χ2n) is 22.1. The van der Waals surface area contributed by atoms with Gasteiger partial charge in [-0.3, -0.25) is 4.79 Å². The van der Waals surface area contributed by atoms with Crippen molar-refractivity contribution in [2.45, 2.75) is 299 Å². The van der Waals surface area contributed by atoms with Crippen LogP contribution in [0, 0.1) is 0 Å².